The van der Waals surface area contributed by atoms with Gasteiger partial charge in [-0.25, -0.2) is 8.42 Å². The van der Waals surface area contributed by atoms with Crippen LogP contribution in [-0.4, -0.2) is 38.3 Å². The van der Waals surface area contributed by atoms with E-state index in [1.165, 1.54) is 15.6 Å². The van der Waals surface area contributed by atoms with Gasteiger partial charge in [-0.3, -0.25) is 4.79 Å². The predicted octanol–water partition coefficient (Wildman–Crippen LogP) is 1.67. The third-order valence-electron chi connectivity index (χ3n) is 3.77. The molecule has 2 heterocycles. The molecule has 1 saturated heterocycles. The maximum absolute atomic E-state index is 12.5. The van der Waals surface area contributed by atoms with E-state index in [2.05, 4.69) is 5.32 Å². The van der Waals surface area contributed by atoms with Gasteiger partial charge in [-0.2, -0.15) is 4.31 Å². The Morgan fingerprint density at radius 3 is 2.70 bits per heavy atom. The lowest BCUT2D eigenvalue weighted by Crippen LogP contribution is -2.31. The highest BCUT2D eigenvalue weighted by molar-refractivity contribution is 7.89. The fraction of sp³-hybridized carbons (Fsp3) is 0.615. The van der Waals surface area contributed by atoms with Crippen molar-refractivity contribution in [3.8, 4) is 0 Å². The molecule has 1 aromatic heterocycles. The van der Waals surface area contributed by atoms with E-state index >= 15 is 0 Å². The van der Waals surface area contributed by atoms with Gasteiger partial charge in [0.25, 0.3) is 5.91 Å². The van der Waals surface area contributed by atoms with Gasteiger partial charge in [-0.05, 0) is 43.0 Å². The van der Waals surface area contributed by atoms with Gasteiger partial charge in [0.15, 0.2) is 0 Å². The third kappa shape index (κ3) is 2.75. The van der Waals surface area contributed by atoms with E-state index in [1.54, 1.807) is 11.4 Å². The van der Waals surface area contributed by atoms with Gasteiger partial charge in [0.2, 0.25) is 10.0 Å². The fourth-order valence-corrected chi connectivity index (χ4v) is 5.21. The van der Waals surface area contributed by atoms with Crippen LogP contribution in [0.5, 0.6) is 0 Å². The van der Waals surface area contributed by atoms with Crippen LogP contribution in [0.4, 0.5) is 0 Å². The van der Waals surface area contributed by atoms with Crippen LogP contribution in [0.15, 0.2) is 16.3 Å². The molecule has 0 atom stereocenters. The Kier molecular flexibility index (Phi) is 3.83. The third-order valence-corrected chi connectivity index (χ3v) is 6.75. The average Bonchev–Trinajstić information content (AvgIpc) is 2.94. The summed E-state index contributed by atoms with van der Waals surface area (Å²) in [5.41, 5.74) is 0. The lowest BCUT2D eigenvalue weighted by atomic mass is 10.4. The van der Waals surface area contributed by atoms with Crippen molar-refractivity contribution in [2.24, 2.45) is 5.92 Å². The highest BCUT2D eigenvalue weighted by Crippen LogP contribution is 2.29. The van der Waals surface area contributed by atoms with E-state index in [4.69, 9.17) is 0 Å². The summed E-state index contributed by atoms with van der Waals surface area (Å²) in [6.45, 7) is 1.77. The van der Waals surface area contributed by atoms with Crippen molar-refractivity contribution < 1.29 is 13.2 Å². The molecule has 0 unspecified atom stereocenters. The van der Waals surface area contributed by atoms with Crippen LogP contribution in [-0.2, 0) is 10.0 Å². The molecule has 20 heavy (non-hydrogen) atoms. The van der Waals surface area contributed by atoms with Crippen LogP contribution in [0, 0.1) is 5.92 Å². The zero-order chi connectivity index (χ0) is 14.2. The molecule has 0 spiro atoms. The number of hydrogen-bond donors (Lipinski definition) is 1. The molecule has 0 aromatic carbocycles. The number of nitrogens with one attached hydrogen (secondary N) is 1. The predicted molar refractivity (Wildman–Crippen MR) is 77.4 cm³/mol. The summed E-state index contributed by atoms with van der Waals surface area (Å²) in [6, 6.07) is 1.55. The van der Waals surface area contributed by atoms with E-state index in [0.29, 0.717) is 30.4 Å². The normalized spacial score (nSPS) is 20.2. The number of amides is 1. The minimum Gasteiger partial charge on any atom is -0.351 e. The number of carbonyl (C=O) groups is 1. The molecule has 2 fully saturated rings. The average molecular weight is 314 g/mol. The van der Waals surface area contributed by atoms with Crippen molar-refractivity contribution in [2.75, 3.05) is 19.6 Å². The van der Waals surface area contributed by atoms with Gasteiger partial charge < -0.3 is 5.32 Å². The number of thiophene rings is 1. The summed E-state index contributed by atoms with van der Waals surface area (Å²) in [5.74, 6) is 0.322. The fourth-order valence-electron chi connectivity index (χ4n) is 2.37. The van der Waals surface area contributed by atoms with Crippen molar-refractivity contribution in [2.45, 2.75) is 30.6 Å². The molecule has 7 heteroatoms. The summed E-state index contributed by atoms with van der Waals surface area (Å²) in [6.07, 6.45) is 4.10. The number of rotatable bonds is 5. The van der Waals surface area contributed by atoms with Crippen molar-refractivity contribution in [1.29, 1.82) is 0 Å². The SMILES string of the molecule is O=C(NCC1CC1)c1sccc1S(=O)(=O)N1CCCC1. The molecule has 1 N–H and O–H groups in total. The van der Waals surface area contributed by atoms with Crippen molar-refractivity contribution in [3.63, 3.8) is 0 Å². The molecule has 5 nitrogen and oxygen atoms in total. The topological polar surface area (TPSA) is 66.5 Å². The maximum Gasteiger partial charge on any atom is 0.262 e. The van der Waals surface area contributed by atoms with E-state index in [-0.39, 0.29) is 10.8 Å². The molecular weight excluding hydrogens is 296 g/mol. The second kappa shape index (κ2) is 5.46. The van der Waals surface area contributed by atoms with Crippen molar-refractivity contribution in [1.82, 2.24) is 9.62 Å². The van der Waals surface area contributed by atoms with Crippen LogP contribution >= 0.6 is 11.3 Å². The van der Waals surface area contributed by atoms with Gasteiger partial charge in [-0.15, -0.1) is 11.3 Å². The summed E-state index contributed by atoms with van der Waals surface area (Å²) < 4.78 is 26.5. The standard InChI is InChI=1S/C13H18N2O3S2/c16-13(14-9-10-3-4-10)12-11(5-8-19-12)20(17,18)15-6-1-2-7-15/h5,8,10H,1-4,6-7,9H2,(H,14,16). The van der Waals surface area contributed by atoms with Crippen LogP contribution in [0.1, 0.15) is 35.4 Å². The van der Waals surface area contributed by atoms with Crippen LogP contribution < -0.4 is 5.32 Å². The minimum atomic E-state index is -3.51. The quantitative estimate of drug-likeness (QED) is 0.899. The van der Waals surface area contributed by atoms with Gasteiger partial charge in [0, 0.05) is 19.6 Å². The highest BCUT2D eigenvalue weighted by Gasteiger charge is 2.32. The second-order valence-corrected chi connectivity index (χ2v) is 8.20. The monoisotopic (exact) mass is 314 g/mol. The molecule has 0 radical (unpaired) electrons. The largest absolute Gasteiger partial charge is 0.351 e. The smallest absolute Gasteiger partial charge is 0.262 e. The molecule has 1 saturated carbocycles. The minimum absolute atomic E-state index is 0.165. The van der Waals surface area contributed by atoms with Crippen molar-refractivity contribution >= 4 is 27.3 Å². The van der Waals surface area contributed by atoms with Gasteiger partial charge in [0.1, 0.15) is 9.77 Å². The lowest BCUT2D eigenvalue weighted by Gasteiger charge is -2.15. The molecule has 0 bridgehead atoms. The molecule has 1 aliphatic carbocycles. The summed E-state index contributed by atoms with van der Waals surface area (Å²) >= 11 is 1.20. The Balaban J connectivity index is 1.79. The van der Waals surface area contributed by atoms with Gasteiger partial charge >= 0.3 is 0 Å². The lowest BCUT2D eigenvalue weighted by molar-refractivity contribution is 0.0952. The Morgan fingerprint density at radius 1 is 1.35 bits per heavy atom. The second-order valence-electron chi connectivity index (χ2n) is 5.38. The van der Waals surface area contributed by atoms with Crippen molar-refractivity contribution in [3.05, 3.63) is 16.3 Å². The summed E-state index contributed by atoms with van der Waals surface area (Å²) in [4.78, 5) is 12.6. The highest BCUT2D eigenvalue weighted by atomic mass is 32.2. The Morgan fingerprint density at radius 2 is 2.05 bits per heavy atom. The van der Waals surface area contributed by atoms with Gasteiger partial charge in [0.05, 0.1) is 0 Å². The Bertz CT molecular complexity index is 599. The zero-order valence-corrected chi connectivity index (χ0v) is 12.8. The van der Waals surface area contributed by atoms with Crippen LogP contribution in [0.2, 0.25) is 0 Å². The summed E-state index contributed by atoms with van der Waals surface area (Å²) in [7, 11) is -3.51. The number of nitrogens with zero attached hydrogens (tertiary/aromatic N) is 1. The molecule has 1 amide bonds. The van der Waals surface area contributed by atoms with Crippen LogP contribution in [0.3, 0.4) is 0 Å². The van der Waals surface area contributed by atoms with Crippen LogP contribution in [0.25, 0.3) is 0 Å². The van der Waals surface area contributed by atoms with E-state index in [9.17, 15) is 13.2 Å². The molecule has 110 valence electrons. The summed E-state index contributed by atoms with van der Waals surface area (Å²) in [5, 5.41) is 4.51. The first-order valence-corrected chi connectivity index (χ1v) is 9.27. The molecule has 1 aromatic rings. The maximum atomic E-state index is 12.5. The zero-order valence-electron chi connectivity index (χ0n) is 11.2. The van der Waals surface area contributed by atoms with E-state index < -0.39 is 10.0 Å². The molecule has 1 aliphatic heterocycles. The Hall–Kier alpha value is -0.920. The number of hydrogen-bond acceptors (Lipinski definition) is 4. The number of carbonyl (C=O) groups excluding carboxylic acids is 1. The molecule has 3 rings (SSSR count). The first kappa shape index (κ1) is 14.0. The van der Waals surface area contributed by atoms with E-state index in [0.717, 1.165) is 25.7 Å². The number of sulfonamides is 1. The first-order valence-electron chi connectivity index (χ1n) is 6.95. The van der Waals surface area contributed by atoms with E-state index in [1.807, 2.05) is 0 Å². The molecule has 2 aliphatic rings. The Labute approximate surface area is 123 Å². The first-order chi connectivity index (χ1) is 9.59. The molecular formula is C13H18N2O3S2. The van der Waals surface area contributed by atoms with Gasteiger partial charge in [-0.1, -0.05) is 0 Å².